The Bertz CT molecular complexity index is 1800. The van der Waals surface area contributed by atoms with Gasteiger partial charge in [-0.25, -0.2) is 4.39 Å². The largest absolute Gasteiger partial charge is 0.389 e. The zero-order valence-electron chi connectivity index (χ0n) is 27.4. The molecule has 0 radical (unpaired) electrons. The number of piperidine rings is 1. The number of fused-ring (bicyclic) bond motifs is 2. The summed E-state index contributed by atoms with van der Waals surface area (Å²) < 4.78 is 21.7. The van der Waals surface area contributed by atoms with E-state index < -0.39 is 6.04 Å². The van der Waals surface area contributed by atoms with E-state index in [0.29, 0.717) is 58.5 Å². The van der Waals surface area contributed by atoms with Gasteiger partial charge >= 0.3 is 0 Å². The zero-order chi connectivity index (χ0) is 32.7. The maximum absolute atomic E-state index is 15.1. The fourth-order valence-corrected chi connectivity index (χ4v) is 8.34. The third-order valence-electron chi connectivity index (χ3n) is 9.71. The molecule has 3 N–H and O–H groups in total. The molecule has 3 aromatic rings. The van der Waals surface area contributed by atoms with E-state index in [4.69, 9.17) is 15.5 Å². The lowest BCUT2D eigenvalue weighted by Crippen LogP contribution is -2.43. The predicted molar refractivity (Wildman–Crippen MR) is 183 cm³/mol. The van der Waals surface area contributed by atoms with Gasteiger partial charge in [-0.05, 0) is 90.5 Å². The monoisotopic (exact) mass is 642 g/mol. The number of allylic oxidation sites excluding steroid dienone is 1. The van der Waals surface area contributed by atoms with Gasteiger partial charge in [-0.15, -0.1) is 11.3 Å². The molecule has 0 saturated carbocycles. The molecule has 0 aliphatic carbocycles. The minimum Gasteiger partial charge on any atom is -0.389 e. The number of nitrogens with zero attached hydrogens (tertiary/aromatic N) is 4. The molecule has 2 saturated heterocycles. The number of amides is 1. The topological polar surface area (TPSA) is 107 Å². The Balaban J connectivity index is 1.59. The first-order valence-electron chi connectivity index (χ1n) is 16.4. The number of carbonyl (C=O) groups is 1. The first-order chi connectivity index (χ1) is 22.2. The van der Waals surface area contributed by atoms with Gasteiger partial charge in [-0.3, -0.25) is 9.79 Å². The highest BCUT2D eigenvalue weighted by Crippen LogP contribution is 2.46. The Kier molecular flexibility index (Phi) is 9.08. The molecule has 0 bridgehead atoms. The fourth-order valence-electron chi connectivity index (χ4n) is 7.39. The first kappa shape index (κ1) is 32.0. The molecule has 8 nitrogen and oxygen atoms in total. The van der Waals surface area contributed by atoms with Gasteiger partial charge in [0.2, 0.25) is 5.91 Å². The van der Waals surface area contributed by atoms with Crippen LogP contribution in [0.1, 0.15) is 79.8 Å². The molecule has 2 fully saturated rings. The molecule has 2 aromatic carbocycles. The number of benzene rings is 2. The molecule has 10 heteroatoms. The normalized spacial score (nSPS) is 20.5. The number of nitrogens with one attached hydrogen (secondary N) is 1. The SMILES string of the molecule is CC/C=C(/NC(=NC1CCCN(C)C1=O)c1c(C)c(CC)c(-c2ccc(F)c3sc(N)c(C#N)c23)c2c1COC2)N1CCC(C)C1. The number of rotatable bonds is 7. The van der Waals surface area contributed by atoms with Crippen molar-refractivity contribution >= 4 is 38.2 Å². The van der Waals surface area contributed by atoms with Crippen molar-refractivity contribution in [2.45, 2.75) is 79.1 Å². The number of carbonyl (C=O) groups excluding carboxylic acids is 1. The fraction of sp³-hybridized carbons (Fsp3) is 0.472. The summed E-state index contributed by atoms with van der Waals surface area (Å²) in [6.07, 6.45) is 6.49. The number of likely N-dealkylation sites (tertiary alicyclic amines) is 2. The number of hydrogen-bond acceptors (Lipinski definition) is 7. The van der Waals surface area contributed by atoms with Gasteiger partial charge in [0.15, 0.2) is 0 Å². The Labute approximate surface area is 274 Å². The molecule has 46 heavy (non-hydrogen) atoms. The van der Waals surface area contributed by atoms with Gasteiger partial charge < -0.3 is 25.6 Å². The molecule has 242 valence electrons. The first-order valence-corrected chi connectivity index (χ1v) is 17.2. The number of nitriles is 1. The van der Waals surface area contributed by atoms with E-state index in [9.17, 15) is 10.1 Å². The average molecular weight is 643 g/mol. The van der Waals surface area contributed by atoms with Crippen molar-refractivity contribution in [1.29, 1.82) is 5.26 Å². The van der Waals surface area contributed by atoms with Gasteiger partial charge in [-0.1, -0.05) is 26.8 Å². The van der Waals surface area contributed by atoms with Crippen LogP contribution in [0.2, 0.25) is 0 Å². The number of halogens is 1. The second-order valence-electron chi connectivity index (χ2n) is 12.8. The molecular weight excluding hydrogens is 600 g/mol. The van der Waals surface area contributed by atoms with E-state index in [1.54, 1.807) is 11.0 Å². The number of likely N-dealkylation sites (N-methyl/N-ethyl adjacent to an activating group) is 1. The number of nitrogens with two attached hydrogens (primary N) is 1. The van der Waals surface area contributed by atoms with E-state index >= 15 is 4.39 Å². The summed E-state index contributed by atoms with van der Waals surface area (Å²) in [5, 5.41) is 14.7. The van der Waals surface area contributed by atoms with Crippen LogP contribution in [0.15, 0.2) is 29.0 Å². The van der Waals surface area contributed by atoms with E-state index in [1.807, 2.05) is 7.05 Å². The van der Waals surface area contributed by atoms with Crippen LogP contribution in [0.4, 0.5) is 9.39 Å². The van der Waals surface area contributed by atoms with E-state index in [-0.39, 0.29) is 11.7 Å². The van der Waals surface area contributed by atoms with Crippen LogP contribution in [0.25, 0.3) is 21.2 Å². The third-order valence-corrected chi connectivity index (χ3v) is 10.7. The smallest absolute Gasteiger partial charge is 0.247 e. The van der Waals surface area contributed by atoms with Crippen LogP contribution in [0, 0.1) is 30.0 Å². The average Bonchev–Trinajstić information content (AvgIpc) is 3.77. The number of nitrogen functional groups attached to an aromatic ring is 1. The molecule has 0 spiro atoms. The molecule has 3 aliphatic rings. The minimum absolute atomic E-state index is 0.0343. The second-order valence-corrected chi connectivity index (χ2v) is 13.8. The van der Waals surface area contributed by atoms with E-state index in [1.165, 1.54) is 6.07 Å². The molecule has 3 aliphatic heterocycles. The highest BCUT2D eigenvalue weighted by molar-refractivity contribution is 7.23. The van der Waals surface area contributed by atoms with Gasteiger partial charge in [0.05, 0.1) is 23.5 Å². The summed E-state index contributed by atoms with van der Waals surface area (Å²) in [5.74, 6) is 1.95. The van der Waals surface area contributed by atoms with Gasteiger partial charge in [-0.2, -0.15) is 5.26 Å². The number of thiophene rings is 1. The summed E-state index contributed by atoms with van der Waals surface area (Å²) in [5.41, 5.74) is 13.4. The predicted octanol–water partition coefficient (Wildman–Crippen LogP) is 6.61. The van der Waals surface area contributed by atoms with Crippen molar-refractivity contribution in [3.63, 3.8) is 0 Å². The summed E-state index contributed by atoms with van der Waals surface area (Å²) in [6.45, 7) is 12.1. The van der Waals surface area contributed by atoms with Crippen LogP contribution in [-0.2, 0) is 29.2 Å². The van der Waals surface area contributed by atoms with Crippen molar-refractivity contribution in [2.75, 3.05) is 32.4 Å². The van der Waals surface area contributed by atoms with Gasteiger partial charge in [0.25, 0.3) is 0 Å². The number of amidine groups is 1. The summed E-state index contributed by atoms with van der Waals surface area (Å²) in [4.78, 5) is 22.8. The lowest BCUT2D eigenvalue weighted by molar-refractivity contribution is -0.133. The number of ether oxygens (including phenoxy) is 1. The Morgan fingerprint density at radius 3 is 2.74 bits per heavy atom. The molecule has 6 rings (SSSR count). The van der Waals surface area contributed by atoms with Crippen molar-refractivity contribution in [3.8, 4) is 17.2 Å². The van der Waals surface area contributed by atoms with Gasteiger partial charge in [0.1, 0.15) is 34.6 Å². The van der Waals surface area contributed by atoms with Crippen LogP contribution in [0.5, 0.6) is 0 Å². The van der Waals surface area contributed by atoms with Crippen molar-refractivity contribution in [1.82, 2.24) is 15.1 Å². The highest BCUT2D eigenvalue weighted by atomic mass is 32.1. The summed E-state index contributed by atoms with van der Waals surface area (Å²) in [7, 11) is 1.85. The lowest BCUT2D eigenvalue weighted by atomic mass is 9.82. The van der Waals surface area contributed by atoms with Crippen LogP contribution in [-0.4, -0.2) is 54.3 Å². The second kappa shape index (κ2) is 13.0. The van der Waals surface area contributed by atoms with E-state index in [0.717, 1.165) is 95.0 Å². The maximum Gasteiger partial charge on any atom is 0.247 e. The van der Waals surface area contributed by atoms with Crippen molar-refractivity contribution in [2.24, 2.45) is 10.9 Å². The van der Waals surface area contributed by atoms with Crippen molar-refractivity contribution in [3.05, 3.63) is 63.2 Å². The molecule has 2 unspecified atom stereocenters. The third kappa shape index (κ3) is 5.54. The molecule has 1 aromatic heterocycles. The minimum atomic E-state index is -0.479. The highest BCUT2D eigenvalue weighted by Gasteiger charge is 2.33. The Morgan fingerprint density at radius 1 is 1.26 bits per heavy atom. The van der Waals surface area contributed by atoms with Crippen LogP contribution >= 0.6 is 11.3 Å². The summed E-state index contributed by atoms with van der Waals surface area (Å²) in [6, 6.07) is 5.00. The summed E-state index contributed by atoms with van der Waals surface area (Å²) >= 11 is 1.11. The number of anilines is 1. The molecule has 1 amide bonds. The molecule has 4 heterocycles. The van der Waals surface area contributed by atoms with E-state index in [2.05, 4.69) is 50.1 Å². The molecule has 2 atom stereocenters. The Hall–Kier alpha value is -3.94. The van der Waals surface area contributed by atoms with Crippen LogP contribution in [0.3, 0.4) is 0 Å². The Morgan fingerprint density at radius 2 is 2.04 bits per heavy atom. The zero-order valence-corrected chi connectivity index (χ0v) is 28.2. The maximum atomic E-state index is 15.1. The lowest BCUT2D eigenvalue weighted by Gasteiger charge is -2.30. The van der Waals surface area contributed by atoms with Crippen LogP contribution < -0.4 is 11.1 Å². The standard InChI is InChI=1S/C36H43FN6O2S/c1-6-9-29(43-15-13-20(3)17-43)41-35(40-28-10-8-14-42(5)36(28)44)30-21(4)22(7-2)31(26-19-45-18-25(26)30)23-11-12-27(37)33-32(23)24(16-38)34(39)46-33/h9,11-12,20,28H,6-8,10,13-15,17-19,39H2,1-5H3,(H,40,41)/b29-9-. The quantitative estimate of drug-likeness (QED) is 0.222. The number of hydrogen-bond donors (Lipinski definition) is 2. The van der Waals surface area contributed by atoms with Gasteiger partial charge in [0, 0.05) is 37.6 Å². The number of aliphatic imine (C=N–C) groups is 1. The van der Waals surface area contributed by atoms with Crippen molar-refractivity contribution < 1.29 is 13.9 Å². The molecular formula is C36H43FN6O2S.